The smallest absolute Gasteiger partial charge is 0.306 e. The highest BCUT2D eigenvalue weighted by Crippen LogP contribution is 2.13. The first-order valence-electron chi connectivity index (χ1n) is 32.9. The minimum Gasteiger partial charge on any atom is -0.462 e. The first-order chi connectivity index (χ1) is 41.6. The zero-order valence-corrected chi connectivity index (χ0v) is 53.1. The second-order valence-corrected chi connectivity index (χ2v) is 20.7. The molecule has 1 unspecified atom stereocenters. The van der Waals surface area contributed by atoms with E-state index in [4.69, 9.17) is 9.47 Å². The number of aliphatic hydroxyl groups is 1. The van der Waals surface area contributed by atoms with Crippen molar-refractivity contribution in [2.75, 3.05) is 13.2 Å². The average Bonchev–Trinajstić information content (AvgIpc) is 3.51. The zero-order valence-electron chi connectivity index (χ0n) is 53.1. The van der Waals surface area contributed by atoms with Gasteiger partial charge in [-0.3, -0.25) is 9.59 Å². The lowest BCUT2D eigenvalue weighted by molar-refractivity contribution is -0.161. The second kappa shape index (κ2) is 71.2. The maximum Gasteiger partial charge on any atom is 0.306 e. The SMILES string of the molecule is CC/C=C\C/C=C\C/C=C\C/C=C\C/C=C\C/C=C\C/C=C\C/C=C\C/C=C\C/C=C\C/C=C\C/C=C\CCCCC(=O)OC(CO)COC(=O)CCCCCCCCCCC/C=C\C/C=C\C/C=C\C/C=C\C/C=C\C/C=C\C/C=C\CC. The number of allylic oxidation sites excluding steroid dienone is 38. The van der Waals surface area contributed by atoms with E-state index in [1.54, 1.807) is 0 Å². The van der Waals surface area contributed by atoms with Crippen LogP contribution < -0.4 is 0 Å². The molecule has 0 aliphatic heterocycles. The first-order valence-corrected chi connectivity index (χ1v) is 32.9. The number of carbonyl (C=O) groups is 2. The molecule has 0 radical (unpaired) electrons. The van der Waals surface area contributed by atoms with Crippen LogP contribution >= 0.6 is 0 Å². The summed E-state index contributed by atoms with van der Waals surface area (Å²) in [5, 5.41) is 9.68. The van der Waals surface area contributed by atoms with Crippen LogP contribution in [0.1, 0.15) is 232 Å². The molecule has 0 heterocycles. The summed E-state index contributed by atoms with van der Waals surface area (Å²) >= 11 is 0. The molecule has 0 saturated carbocycles. The van der Waals surface area contributed by atoms with E-state index < -0.39 is 6.10 Å². The Morgan fingerprint density at radius 2 is 0.476 bits per heavy atom. The molecular weight excluding hydrogens is 1030 g/mol. The van der Waals surface area contributed by atoms with Crippen LogP contribution in [0.2, 0.25) is 0 Å². The Morgan fingerprint density at radius 1 is 0.274 bits per heavy atom. The number of unbranched alkanes of at least 4 members (excludes halogenated alkanes) is 11. The molecule has 0 aromatic heterocycles. The molecule has 5 nitrogen and oxygen atoms in total. The summed E-state index contributed by atoms with van der Waals surface area (Å²) in [6.07, 6.45) is 118. The fraction of sp³-hybridized carbons (Fsp3) is 0.494. The standard InChI is InChI=1S/C79H118O5/c1-3-5-7-9-11-13-15-17-19-21-23-25-27-29-31-33-35-36-37-38-39-40-41-42-44-46-48-50-52-54-56-58-60-62-64-66-68-70-72-74-79(82)84-77(75-80)76-83-78(81)73-71-69-67-65-63-61-59-57-55-53-51-49-47-45-43-34-32-30-28-26-24-22-20-18-16-14-12-10-8-6-4-2/h5-8,11-14,17-20,23-26,29-32,35-36,38-39,41-43,45-46,48-49,51-52,54,58,60,64,66,77,80H,3-4,9-10,15-16,21-22,27-28,33-34,37,40,44,47,50,53,55-57,59,61-63,65,67-76H2,1-2H3/b7-5-,8-6-,13-11-,14-12-,19-17-,20-18-,25-23-,26-24-,31-29-,32-30-,36-35-,39-38-,42-41-,45-43-,48-46-,51-49-,54-52-,60-58-,66-64-. The van der Waals surface area contributed by atoms with Gasteiger partial charge in [0.05, 0.1) is 6.61 Å². The minimum atomic E-state index is -0.819. The maximum absolute atomic E-state index is 12.3. The van der Waals surface area contributed by atoms with Crippen LogP contribution in [0.25, 0.3) is 0 Å². The van der Waals surface area contributed by atoms with Gasteiger partial charge in [0.25, 0.3) is 0 Å². The van der Waals surface area contributed by atoms with Gasteiger partial charge in [-0.1, -0.05) is 290 Å². The molecule has 0 aliphatic rings. The molecule has 0 saturated heterocycles. The quantitative estimate of drug-likeness (QED) is 0.0373. The van der Waals surface area contributed by atoms with Crippen LogP contribution in [0, 0.1) is 0 Å². The minimum absolute atomic E-state index is 0.103. The Morgan fingerprint density at radius 3 is 0.738 bits per heavy atom. The van der Waals surface area contributed by atoms with Gasteiger partial charge in [0, 0.05) is 12.8 Å². The number of rotatable bonds is 57. The summed E-state index contributed by atoms with van der Waals surface area (Å²) in [7, 11) is 0. The third-order valence-corrected chi connectivity index (χ3v) is 13.0. The van der Waals surface area contributed by atoms with Crippen molar-refractivity contribution >= 4 is 11.9 Å². The van der Waals surface area contributed by atoms with Gasteiger partial charge in [0.2, 0.25) is 0 Å². The molecular formula is C79H118O5. The lowest BCUT2D eigenvalue weighted by atomic mass is 10.1. The van der Waals surface area contributed by atoms with Crippen LogP contribution in [0.3, 0.4) is 0 Å². The Bertz CT molecular complexity index is 2080. The molecule has 0 bridgehead atoms. The first kappa shape index (κ1) is 78.0. The predicted molar refractivity (Wildman–Crippen MR) is 370 cm³/mol. The van der Waals surface area contributed by atoms with E-state index in [-0.39, 0.29) is 31.6 Å². The third-order valence-electron chi connectivity index (χ3n) is 13.0. The van der Waals surface area contributed by atoms with Crippen molar-refractivity contribution in [2.24, 2.45) is 0 Å². The third kappa shape index (κ3) is 68.5. The summed E-state index contributed by atoms with van der Waals surface area (Å²) in [4.78, 5) is 24.6. The average molecular weight is 1150 g/mol. The number of aliphatic hydroxyl groups excluding tert-OH is 1. The summed E-state index contributed by atoms with van der Waals surface area (Å²) < 4.78 is 10.7. The molecule has 0 fully saturated rings. The predicted octanol–water partition coefficient (Wildman–Crippen LogP) is 23.3. The van der Waals surface area contributed by atoms with E-state index in [2.05, 4.69) is 245 Å². The van der Waals surface area contributed by atoms with Crippen LogP contribution in [0.5, 0.6) is 0 Å². The molecule has 1 atom stereocenters. The Labute approximate surface area is 515 Å². The van der Waals surface area contributed by atoms with Gasteiger partial charge in [-0.05, 0) is 161 Å². The van der Waals surface area contributed by atoms with Gasteiger partial charge in [-0.15, -0.1) is 0 Å². The van der Waals surface area contributed by atoms with Crippen molar-refractivity contribution in [3.05, 3.63) is 231 Å². The molecule has 0 rings (SSSR count). The van der Waals surface area contributed by atoms with E-state index in [1.807, 2.05) is 0 Å². The van der Waals surface area contributed by atoms with Crippen LogP contribution in [-0.2, 0) is 19.1 Å². The van der Waals surface area contributed by atoms with Crippen LogP contribution in [0.4, 0.5) is 0 Å². The molecule has 5 heteroatoms. The monoisotopic (exact) mass is 1150 g/mol. The maximum atomic E-state index is 12.3. The molecule has 464 valence electrons. The van der Waals surface area contributed by atoms with Gasteiger partial charge in [-0.2, -0.15) is 0 Å². The van der Waals surface area contributed by atoms with E-state index in [0.717, 1.165) is 161 Å². The van der Waals surface area contributed by atoms with Gasteiger partial charge in [-0.25, -0.2) is 0 Å². The Kier molecular flexibility index (Phi) is 66.1. The molecule has 0 aromatic carbocycles. The van der Waals surface area contributed by atoms with E-state index in [0.29, 0.717) is 12.8 Å². The number of esters is 2. The summed E-state index contributed by atoms with van der Waals surface area (Å²) in [5.41, 5.74) is 0. The van der Waals surface area contributed by atoms with Crippen LogP contribution in [0.15, 0.2) is 231 Å². The lowest BCUT2D eigenvalue weighted by Gasteiger charge is -2.15. The summed E-state index contributed by atoms with van der Waals surface area (Å²) in [6, 6.07) is 0. The normalized spacial score (nSPS) is 13.8. The van der Waals surface area contributed by atoms with Crippen LogP contribution in [-0.4, -0.2) is 36.4 Å². The lowest BCUT2D eigenvalue weighted by Crippen LogP contribution is -2.28. The molecule has 0 amide bonds. The molecule has 0 aromatic rings. The Hall–Kier alpha value is -6.04. The van der Waals surface area contributed by atoms with E-state index in [9.17, 15) is 14.7 Å². The molecule has 0 aliphatic carbocycles. The highest BCUT2D eigenvalue weighted by molar-refractivity contribution is 5.70. The second-order valence-electron chi connectivity index (χ2n) is 20.7. The van der Waals surface area contributed by atoms with Gasteiger partial charge >= 0.3 is 11.9 Å². The van der Waals surface area contributed by atoms with Crippen molar-refractivity contribution in [3.8, 4) is 0 Å². The van der Waals surface area contributed by atoms with Gasteiger partial charge < -0.3 is 14.6 Å². The van der Waals surface area contributed by atoms with E-state index >= 15 is 0 Å². The number of hydrogen-bond acceptors (Lipinski definition) is 5. The number of ether oxygens (including phenoxy) is 2. The van der Waals surface area contributed by atoms with Crippen molar-refractivity contribution in [1.29, 1.82) is 0 Å². The Balaban J connectivity index is 3.70. The van der Waals surface area contributed by atoms with E-state index in [1.165, 1.54) is 38.5 Å². The fourth-order valence-electron chi connectivity index (χ4n) is 8.10. The van der Waals surface area contributed by atoms with Crippen molar-refractivity contribution in [3.63, 3.8) is 0 Å². The number of hydrogen-bond donors (Lipinski definition) is 1. The highest BCUT2D eigenvalue weighted by Gasteiger charge is 2.16. The largest absolute Gasteiger partial charge is 0.462 e. The summed E-state index contributed by atoms with van der Waals surface area (Å²) in [6.45, 7) is 3.86. The zero-order chi connectivity index (χ0) is 60.5. The van der Waals surface area contributed by atoms with Gasteiger partial charge in [0.1, 0.15) is 6.61 Å². The van der Waals surface area contributed by atoms with Crippen molar-refractivity contribution in [2.45, 2.75) is 238 Å². The molecule has 84 heavy (non-hydrogen) atoms. The molecule has 0 spiro atoms. The number of carbonyl (C=O) groups excluding carboxylic acids is 2. The fourth-order valence-corrected chi connectivity index (χ4v) is 8.10. The topological polar surface area (TPSA) is 72.8 Å². The summed E-state index contributed by atoms with van der Waals surface area (Å²) in [5.74, 6) is -0.667. The highest BCUT2D eigenvalue weighted by atomic mass is 16.6. The van der Waals surface area contributed by atoms with Crippen molar-refractivity contribution < 1.29 is 24.2 Å². The van der Waals surface area contributed by atoms with Crippen molar-refractivity contribution in [1.82, 2.24) is 0 Å². The van der Waals surface area contributed by atoms with Gasteiger partial charge in [0.15, 0.2) is 6.10 Å². The molecule has 1 N–H and O–H groups in total.